The van der Waals surface area contributed by atoms with Gasteiger partial charge in [0.25, 0.3) is 0 Å². The molecule has 0 radical (unpaired) electrons. The lowest BCUT2D eigenvalue weighted by Crippen LogP contribution is -2.27. The van der Waals surface area contributed by atoms with Gasteiger partial charge in [0.2, 0.25) is 0 Å². The molecule has 0 fully saturated rings. The lowest BCUT2D eigenvalue weighted by molar-refractivity contribution is 0.301. The lowest BCUT2D eigenvalue weighted by Gasteiger charge is -2.28. The van der Waals surface area contributed by atoms with Crippen LogP contribution in [0.25, 0.3) is 0 Å². The van der Waals surface area contributed by atoms with E-state index in [-0.39, 0.29) is 10.8 Å². The minimum Gasteiger partial charge on any atom is -0.411 e. The van der Waals surface area contributed by atoms with Gasteiger partial charge in [-0.05, 0) is 24.0 Å². The lowest BCUT2D eigenvalue weighted by atomic mass is 9.76. The van der Waals surface area contributed by atoms with Crippen molar-refractivity contribution in [2.24, 2.45) is 21.1 Å². The molecular formula is C24H32N2O2. The van der Waals surface area contributed by atoms with Gasteiger partial charge >= 0.3 is 0 Å². The van der Waals surface area contributed by atoms with E-state index in [1.54, 1.807) is 0 Å². The van der Waals surface area contributed by atoms with Crippen molar-refractivity contribution >= 4 is 11.4 Å². The molecule has 4 nitrogen and oxygen atoms in total. The van der Waals surface area contributed by atoms with Crippen LogP contribution in [0.1, 0.15) is 64.5 Å². The van der Waals surface area contributed by atoms with Crippen LogP contribution in [0.2, 0.25) is 0 Å². The van der Waals surface area contributed by atoms with Crippen LogP contribution in [-0.2, 0) is 0 Å². The third-order valence-corrected chi connectivity index (χ3v) is 5.43. The molecule has 2 aromatic rings. The van der Waals surface area contributed by atoms with E-state index < -0.39 is 0 Å². The van der Waals surface area contributed by atoms with Crippen LogP contribution < -0.4 is 0 Å². The van der Waals surface area contributed by atoms with Crippen molar-refractivity contribution in [3.8, 4) is 0 Å². The average Bonchev–Trinajstić information content (AvgIpc) is 2.68. The normalized spacial score (nSPS) is 13.6. The van der Waals surface area contributed by atoms with E-state index in [0.29, 0.717) is 11.4 Å². The fourth-order valence-corrected chi connectivity index (χ4v) is 3.73. The summed E-state index contributed by atoms with van der Waals surface area (Å²) < 4.78 is 0. The summed E-state index contributed by atoms with van der Waals surface area (Å²) in [7, 11) is 0. The van der Waals surface area contributed by atoms with Crippen LogP contribution >= 0.6 is 0 Å². The third kappa shape index (κ3) is 5.44. The number of nitrogens with zero attached hydrogens (tertiary/aromatic N) is 2. The molecule has 0 saturated carbocycles. The minimum absolute atomic E-state index is 0.229. The summed E-state index contributed by atoms with van der Waals surface area (Å²) in [6.07, 6.45) is 3.81. The van der Waals surface area contributed by atoms with Gasteiger partial charge in [-0.15, -0.1) is 0 Å². The van der Waals surface area contributed by atoms with E-state index in [2.05, 4.69) is 38.0 Å². The Balaban J connectivity index is 1.97. The summed E-state index contributed by atoms with van der Waals surface area (Å²) in [4.78, 5) is 0. The number of hydrogen-bond acceptors (Lipinski definition) is 4. The quantitative estimate of drug-likeness (QED) is 0.230. The highest BCUT2D eigenvalue weighted by Gasteiger charge is 2.29. The molecule has 0 aliphatic heterocycles. The first-order chi connectivity index (χ1) is 13.3. The second-order valence-corrected chi connectivity index (χ2v) is 8.60. The predicted octanol–water partition coefficient (Wildman–Crippen LogP) is 6.36. The summed E-state index contributed by atoms with van der Waals surface area (Å²) in [6.45, 7) is 8.46. The molecule has 0 saturated heterocycles. The highest BCUT2D eigenvalue weighted by molar-refractivity contribution is 6.04. The topological polar surface area (TPSA) is 65.2 Å². The molecule has 0 aliphatic rings. The zero-order valence-corrected chi connectivity index (χ0v) is 17.4. The van der Waals surface area contributed by atoms with Crippen LogP contribution in [0.3, 0.4) is 0 Å². The molecule has 2 rings (SSSR count). The van der Waals surface area contributed by atoms with Crippen molar-refractivity contribution in [1.82, 2.24) is 0 Å². The molecule has 2 N–H and O–H groups in total. The van der Waals surface area contributed by atoms with Crippen LogP contribution in [0.4, 0.5) is 0 Å². The molecule has 150 valence electrons. The van der Waals surface area contributed by atoms with Gasteiger partial charge in [0, 0.05) is 10.8 Å². The molecule has 28 heavy (non-hydrogen) atoms. The minimum atomic E-state index is -0.229. The summed E-state index contributed by atoms with van der Waals surface area (Å²) in [5, 5.41) is 26.4. The monoisotopic (exact) mass is 380 g/mol. The van der Waals surface area contributed by atoms with Crippen molar-refractivity contribution in [3.63, 3.8) is 0 Å². The van der Waals surface area contributed by atoms with Gasteiger partial charge in [-0.1, -0.05) is 112 Å². The van der Waals surface area contributed by atoms with Gasteiger partial charge in [0.05, 0.1) is 11.4 Å². The summed E-state index contributed by atoms with van der Waals surface area (Å²) in [5.74, 6) is 0. The molecule has 0 atom stereocenters. The van der Waals surface area contributed by atoms with Crippen molar-refractivity contribution in [1.29, 1.82) is 0 Å². The van der Waals surface area contributed by atoms with Crippen LogP contribution in [0.5, 0.6) is 0 Å². The van der Waals surface area contributed by atoms with Gasteiger partial charge in [-0.25, -0.2) is 0 Å². The van der Waals surface area contributed by atoms with E-state index in [9.17, 15) is 10.4 Å². The van der Waals surface area contributed by atoms with Crippen LogP contribution in [0.15, 0.2) is 71.0 Å². The molecule has 0 bridgehead atoms. The summed E-state index contributed by atoms with van der Waals surface area (Å²) in [5.41, 5.74) is 2.88. The van der Waals surface area contributed by atoms with Crippen molar-refractivity contribution in [2.45, 2.75) is 53.4 Å². The number of unbranched alkanes of at least 4 members (excludes halogenated alkanes) is 1. The fraction of sp³-hybridized carbons (Fsp3) is 0.417. The third-order valence-electron chi connectivity index (χ3n) is 5.43. The first kappa shape index (κ1) is 21.7. The van der Waals surface area contributed by atoms with Gasteiger partial charge in [-0.3, -0.25) is 0 Å². The fourth-order valence-electron chi connectivity index (χ4n) is 3.73. The summed E-state index contributed by atoms with van der Waals surface area (Å²) >= 11 is 0. The Morgan fingerprint density at radius 2 is 0.964 bits per heavy atom. The maximum Gasteiger partial charge on any atom is 0.0923 e. The summed E-state index contributed by atoms with van der Waals surface area (Å²) in [6, 6.07) is 19.6. The van der Waals surface area contributed by atoms with E-state index in [1.807, 2.05) is 60.7 Å². The van der Waals surface area contributed by atoms with Crippen molar-refractivity contribution in [2.75, 3.05) is 0 Å². The Hall–Kier alpha value is -2.62. The number of hydrogen-bond donors (Lipinski definition) is 2. The molecule has 4 heteroatoms. The van der Waals surface area contributed by atoms with E-state index in [0.717, 1.165) is 36.8 Å². The van der Waals surface area contributed by atoms with Crippen LogP contribution in [-0.4, -0.2) is 21.8 Å². The average molecular weight is 381 g/mol. The van der Waals surface area contributed by atoms with E-state index in [1.165, 1.54) is 0 Å². The largest absolute Gasteiger partial charge is 0.411 e. The van der Waals surface area contributed by atoms with Crippen LogP contribution in [0, 0.1) is 10.8 Å². The highest BCUT2D eigenvalue weighted by atomic mass is 16.4. The molecule has 0 amide bonds. The molecular weight excluding hydrogens is 348 g/mol. The molecule has 0 spiro atoms. The zero-order valence-electron chi connectivity index (χ0n) is 17.4. The maximum atomic E-state index is 9.58. The molecule has 0 aromatic heterocycles. The highest BCUT2D eigenvalue weighted by Crippen LogP contribution is 2.33. The Morgan fingerprint density at radius 1 is 0.643 bits per heavy atom. The first-order valence-electron chi connectivity index (χ1n) is 9.88. The predicted molar refractivity (Wildman–Crippen MR) is 116 cm³/mol. The Bertz CT molecular complexity index is 724. The Kier molecular flexibility index (Phi) is 7.38. The van der Waals surface area contributed by atoms with Crippen molar-refractivity contribution in [3.05, 3.63) is 71.8 Å². The number of rotatable bonds is 9. The van der Waals surface area contributed by atoms with Gasteiger partial charge in [0.1, 0.15) is 0 Å². The van der Waals surface area contributed by atoms with Gasteiger partial charge in [0.15, 0.2) is 0 Å². The smallest absolute Gasteiger partial charge is 0.0923 e. The second kappa shape index (κ2) is 9.54. The molecule has 0 heterocycles. The first-order valence-corrected chi connectivity index (χ1v) is 9.88. The van der Waals surface area contributed by atoms with E-state index in [4.69, 9.17) is 0 Å². The maximum absolute atomic E-state index is 9.58. The Labute approximate surface area is 168 Å². The van der Waals surface area contributed by atoms with Gasteiger partial charge < -0.3 is 10.4 Å². The second-order valence-electron chi connectivity index (χ2n) is 8.60. The van der Waals surface area contributed by atoms with Gasteiger partial charge in [-0.2, -0.15) is 0 Å². The van der Waals surface area contributed by atoms with Crippen molar-refractivity contribution < 1.29 is 10.4 Å². The number of benzene rings is 2. The molecule has 0 unspecified atom stereocenters. The standard InChI is InChI=1S/C24H32N2O2/c1-23(2,21(25-27)19-13-7-5-8-14-19)17-11-12-18-24(3,4)22(26-28)20-15-9-6-10-16-20/h5-10,13-16,27-28H,11-12,17-18H2,1-4H3/b25-21-,26-22-. The van der Waals surface area contributed by atoms with E-state index >= 15 is 0 Å². The Morgan fingerprint density at radius 3 is 1.25 bits per heavy atom. The SMILES string of the molecule is CC(C)(CCCCC(C)(C)/C(=N\O)c1ccccc1)/C(=N\O)c1ccccc1. The molecule has 2 aromatic carbocycles. The number of oxime groups is 2. The zero-order chi connectivity index (χ0) is 20.6. The molecule has 0 aliphatic carbocycles.